The van der Waals surface area contributed by atoms with E-state index in [2.05, 4.69) is 27.5 Å². The predicted octanol–water partition coefficient (Wildman–Crippen LogP) is 3.30. The first kappa shape index (κ1) is 17.8. The SMILES string of the molecule is CN1CCC(C(=O)Nc2n[nH]c3ccc(-c4cccc([S+]=O)c4)cc23)CC1. The van der Waals surface area contributed by atoms with E-state index in [4.69, 9.17) is 0 Å². The van der Waals surface area contributed by atoms with E-state index in [1.807, 2.05) is 36.4 Å². The number of fused-ring (bicyclic) bond motifs is 1. The molecule has 0 bridgehead atoms. The van der Waals surface area contributed by atoms with E-state index in [1.165, 1.54) is 0 Å². The molecule has 7 heteroatoms. The number of nitrogens with one attached hydrogen (secondary N) is 2. The van der Waals surface area contributed by atoms with Gasteiger partial charge in [0.05, 0.1) is 5.52 Å². The third kappa shape index (κ3) is 3.74. The Bertz CT molecular complexity index is 993. The van der Waals surface area contributed by atoms with Gasteiger partial charge in [0, 0.05) is 27.6 Å². The number of carbonyl (C=O) groups is 1. The molecule has 1 aliphatic heterocycles. The molecule has 2 heterocycles. The first-order valence-electron chi connectivity index (χ1n) is 9.02. The Balaban J connectivity index is 1.60. The molecule has 1 fully saturated rings. The van der Waals surface area contributed by atoms with Crippen molar-refractivity contribution >= 4 is 34.3 Å². The number of hydrogen-bond acceptors (Lipinski definition) is 4. The number of aromatic nitrogens is 2. The van der Waals surface area contributed by atoms with Crippen molar-refractivity contribution in [1.82, 2.24) is 15.1 Å². The first-order valence-corrected chi connectivity index (χ1v) is 9.76. The molecule has 0 aliphatic carbocycles. The second kappa shape index (κ2) is 7.54. The molecule has 0 spiro atoms. The summed E-state index contributed by atoms with van der Waals surface area (Å²) in [7, 11) is 2.08. The fourth-order valence-electron chi connectivity index (χ4n) is 3.51. The first-order chi connectivity index (χ1) is 13.1. The summed E-state index contributed by atoms with van der Waals surface area (Å²) in [5, 5.41) is 11.1. The Morgan fingerprint density at radius 1 is 1.19 bits per heavy atom. The van der Waals surface area contributed by atoms with Crippen LogP contribution in [0.5, 0.6) is 0 Å². The van der Waals surface area contributed by atoms with Gasteiger partial charge in [0.1, 0.15) is 0 Å². The molecule has 1 amide bonds. The molecule has 1 aromatic heterocycles. The van der Waals surface area contributed by atoms with Crippen LogP contribution in [0.1, 0.15) is 12.8 Å². The number of piperidine rings is 1. The van der Waals surface area contributed by atoms with E-state index in [-0.39, 0.29) is 11.8 Å². The maximum Gasteiger partial charge on any atom is 0.505 e. The molecule has 138 valence electrons. The number of benzene rings is 2. The summed E-state index contributed by atoms with van der Waals surface area (Å²) < 4.78 is 11.1. The van der Waals surface area contributed by atoms with Crippen LogP contribution in [0.2, 0.25) is 0 Å². The maximum absolute atomic E-state index is 12.6. The maximum atomic E-state index is 12.6. The molecule has 2 aromatic carbocycles. The van der Waals surface area contributed by atoms with Gasteiger partial charge in [0.2, 0.25) is 5.91 Å². The highest BCUT2D eigenvalue weighted by Gasteiger charge is 2.24. The monoisotopic (exact) mass is 381 g/mol. The van der Waals surface area contributed by atoms with Crippen LogP contribution >= 0.6 is 0 Å². The van der Waals surface area contributed by atoms with Gasteiger partial charge >= 0.3 is 11.7 Å². The van der Waals surface area contributed by atoms with Crippen LogP contribution in [0, 0.1) is 5.92 Å². The van der Waals surface area contributed by atoms with Gasteiger partial charge in [-0.25, -0.2) is 0 Å². The van der Waals surface area contributed by atoms with Crippen molar-refractivity contribution in [1.29, 1.82) is 0 Å². The van der Waals surface area contributed by atoms with Gasteiger partial charge in [-0.15, -0.1) is 0 Å². The Morgan fingerprint density at radius 2 is 1.96 bits per heavy atom. The number of amides is 1. The van der Waals surface area contributed by atoms with Crippen molar-refractivity contribution in [2.45, 2.75) is 17.7 Å². The summed E-state index contributed by atoms with van der Waals surface area (Å²) in [6.45, 7) is 1.88. The fourth-order valence-corrected chi connectivity index (χ4v) is 3.82. The lowest BCUT2D eigenvalue weighted by atomic mass is 9.96. The second-order valence-electron chi connectivity index (χ2n) is 7.01. The lowest BCUT2D eigenvalue weighted by Crippen LogP contribution is -2.36. The van der Waals surface area contributed by atoms with E-state index in [0.29, 0.717) is 22.4 Å². The Kier molecular flexibility index (Phi) is 4.96. The smallest absolute Gasteiger partial charge is 0.308 e. The summed E-state index contributed by atoms with van der Waals surface area (Å²) in [5.74, 6) is 0.624. The molecule has 0 atom stereocenters. The van der Waals surface area contributed by atoms with Gasteiger partial charge in [-0.1, -0.05) is 18.2 Å². The number of likely N-dealkylation sites (tertiary alicyclic amines) is 1. The Hall–Kier alpha value is -2.64. The molecule has 1 aliphatic rings. The highest BCUT2D eigenvalue weighted by atomic mass is 32.1. The zero-order valence-corrected chi connectivity index (χ0v) is 15.9. The fraction of sp³-hybridized carbons (Fsp3) is 0.300. The van der Waals surface area contributed by atoms with Gasteiger partial charge in [-0.2, -0.15) is 5.10 Å². The molecule has 0 saturated carbocycles. The Labute approximate surface area is 161 Å². The van der Waals surface area contributed by atoms with E-state index in [9.17, 15) is 9.00 Å². The van der Waals surface area contributed by atoms with E-state index in [0.717, 1.165) is 48.0 Å². The number of H-pyrrole nitrogens is 1. The van der Waals surface area contributed by atoms with Crippen molar-refractivity contribution in [3.8, 4) is 11.1 Å². The summed E-state index contributed by atoms with van der Waals surface area (Å²) in [6.07, 6.45) is 1.74. The average molecular weight is 381 g/mol. The quantitative estimate of drug-likeness (QED) is 0.680. The van der Waals surface area contributed by atoms with Gasteiger partial charge in [0.15, 0.2) is 5.82 Å². The van der Waals surface area contributed by atoms with E-state index < -0.39 is 0 Å². The van der Waals surface area contributed by atoms with Crippen LogP contribution in [0.15, 0.2) is 47.4 Å². The van der Waals surface area contributed by atoms with Crippen molar-refractivity contribution < 1.29 is 9.00 Å². The van der Waals surface area contributed by atoms with E-state index >= 15 is 0 Å². The van der Waals surface area contributed by atoms with Crippen LogP contribution < -0.4 is 5.32 Å². The third-order valence-corrected chi connectivity index (χ3v) is 5.60. The van der Waals surface area contributed by atoms with E-state index in [1.54, 1.807) is 6.07 Å². The molecule has 3 aromatic rings. The average Bonchev–Trinajstić information content (AvgIpc) is 3.10. The van der Waals surface area contributed by atoms with Crippen LogP contribution in [0.25, 0.3) is 22.0 Å². The van der Waals surface area contributed by atoms with Crippen LogP contribution in [0.3, 0.4) is 0 Å². The normalized spacial score (nSPS) is 15.7. The molecule has 0 unspecified atom stereocenters. The largest absolute Gasteiger partial charge is 0.505 e. The topological polar surface area (TPSA) is 78.1 Å². The minimum Gasteiger partial charge on any atom is -0.308 e. The van der Waals surface area contributed by atoms with Crippen LogP contribution in [-0.2, 0) is 20.7 Å². The summed E-state index contributed by atoms with van der Waals surface area (Å²) in [5.41, 5.74) is 2.81. The van der Waals surface area contributed by atoms with Gasteiger partial charge in [0.25, 0.3) is 4.90 Å². The number of anilines is 1. The lowest BCUT2D eigenvalue weighted by Gasteiger charge is -2.27. The summed E-state index contributed by atoms with van der Waals surface area (Å²) in [6, 6.07) is 13.4. The minimum atomic E-state index is 0.0295. The molecule has 6 nitrogen and oxygen atoms in total. The molecule has 4 rings (SSSR count). The lowest BCUT2D eigenvalue weighted by molar-refractivity contribution is -0.121. The minimum absolute atomic E-state index is 0.0295. The number of hydrogen-bond donors (Lipinski definition) is 2. The molecule has 0 radical (unpaired) electrons. The molecular weight excluding hydrogens is 360 g/mol. The summed E-state index contributed by atoms with van der Waals surface area (Å²) >= 11 is 0.481. The molecular formula is C20H21N4O2S+. The van der Waals surface area contributed by atoms with Gasteiger partial charge in [-0.05, 0) is 56.2 Å². The second-order valence-corrected chi connectivity index (χ2v) is 7.65. The molecule has 2 N–H and O–H groups in total. The predicted molar refractivity (Wildman–Crippen MR) is 107 cm³/mol. The number of nitrogens with zero attached hydrogens (tertiary/aromatic N) is 2. The van der Waals surface area contributed by atoms with Crippen molar-refractivity contribution in [3.63, 3.8) is 0 Å². The highest BCUT2D eigenvalue weighted by Crippen LogP contribution is 2.29. The van der Waals surface area contributed by atoms with Crippen molar-refractivity contribution in [3.05, 3.63) is 42.5 Å². The van der Waals surface area contributed by atoms with Crippen molar-refractivity contribution in [2.75, 3.05) is 25.5 Å². The zero-order valence-electron chi connectivity index (χ0n) is 15.1. The number of rotatable bonds is 4. The standard InChI is InChI=1S/C20H20N4O2S/c1-24-9-7-13(8-10-24)20(25)21-19-17-12-15(5-6-18(17)22-23-19)14-3-2-4-16(11-14)27-26/h2-6,11-13H,7-10H2,1H3,(H-,21,22,23,25)/p+1. The van der Waals surface area contributed by atoms with Crippen LogP contribution in [0.4, 0.5) is 5.82 Å². The number of carbonyl (C=O) groups excluding carboxylic acids is 1. The molecule has 1 saturated heterocycles. The Morgan fingerprint density at radius 3 is 2.74 bits per heavy atom. The highest BCUT2D eigenvalue weighted by molar-refractivity contribution is 7.65. The van der Waals surface area contributed by atoms with Crippen LogP contribution in [-0.4, -0.2) is 41.1 Å². The van der Waals surface area contributed by atoms with Crippen molar-refractivity contribution in [2.24, 2.45) is 5.92 Å². The van der Waals surface area contributed by atoms with Gasteiger partial charge < -0.3 is 10.2 Å². The zero-order chi connectivity index (χ0) is 18.8. The van der Waals surface area contributed by atoms with Gasteiger partial charge in [-0.3, -0.25) is 9.89 Å². The number of aromatic amines is 1. The third-order valence-electron chi connectivity index (χ3n) is 5.16. The molecule has 27 heavy (non-hydrogen) atoms. The summed E-state index contributed by atoms with van der Waals surface area (Å²) in [4.78, 5) is 15.6.